The molecule has 3 rings (SSSR count). The van der Waals surface area contributed by atoms with Crippen LogP contribution in [0.15, 0.2) is 81.9 Å². The molecule has 0 spiro atoms. The van der Waals surface area contributed by atoms with Crippen LogP contribution in [0.1, 0.15) is 51.2 Å². The van der Waals surface area contributed by atoms with E-state index in [1.54, 1.807) is 18.3 Å². The van der Waals surface area contributed by atoms with Crippen molar-refractivity contribution in [1.29, 1.82) is 0 Å². The van der Waals surface area contributed by atoms with E-state index in [0.29, 0.717) is 0 Å². The highest BCUT2D eigenvalue weighted by molar-refractivity contribution is 5.80. The van der Waals surface area contributed by atoms with Crippen molar-refractivity contribution in [2.75, 3.05) is 19.6 Å². The molecule has 0 saturated heterocycles. The number of hydrogen-bond donors (Lipinski definition) is 1. The predicted molar refractivity (Wildman–Crippen MR) is 137 cm³/mol. The van der Waals surface area contributed by atoms with Crippen molar-refractivity contribution < 1.29 is 0 Å². The molecule has 1 unspecified atom stereocenters. The Hall–Kier alpha value is -2.72. The molecule has 4 heteroatoms. The van der Waals surface area contributed by atoms with Gasteiger partial charge in [-0.2, -0.15) is 0 Å². The first-order valence-electron chi connectivity index (χ1n) is 11.8. The van der Waals surface area contributed by atoms with E-state index in [0.717, 1.165) is 31.1 Å². The SMILES string of the molecule is CCC(CCN(CC)CC1=CCC=C(C)N=C1)Cc1cccc(C)c1.O=c1cccc[nH]1. The van der Waals surface area contributed by atoms with Crippen molar-refractivity contribution in [3.05, 3.63) is 93.6 Å². The van der Waals surface area contributed by atoms with E-state index in [-0.39, 0.29) is 5.56 Å². The van der Waals surface area contributed by atoms with Crippen molar-refractivity contribution >= 4 is 6.21 Å². The number of nitrogens with zero attached hydrogens (tertiary/aromatic N) is 2. The molecule has 0 amide bonds. The Labute approximate surface area is 193 Å². The van der Waals surface area contributed by atoms with Gasteiger partial charge >= 0.3 is 0 Å². The van der Waals surface area contributed by atoms with Gasteiger partial charge in [-0.15, -0.1) is 0 Å². The van der Waals surface area contributed by atoms with Gasteiger partial charge in [0.2, 0.25) is 5.56 Å². The number of pyridine rings is 1. The summed E-state index contributed by atoms with van der Waals surface area (Å²) < 4.78 is 0. The summed E-state index contributed by atoms with van der Waals surface area (Å²) in [6, 6.07) is 13.9. The molecule has 1 aliphatic heterocycles. The Bertz CT molecular complexity index is 937. The molecule has 2 aromatic rings. The molecule has 1 N–H and O–H groups in total. The van der Waals surface area contributed by atoms with Crippen LogP contribution in [-0.4, -0.2) is 35.7 Å². The number of nitrogens with one attached hydrogen (secondary N) is 1. The highest BCUT2D eigenvalue weighted by Gasteiger charge is 2.12. The molecule has 0 bridgehead atoms. The monoisotopic (exact) mass is 433 g/mol. The van der Waals surface area contributed by atoms with Crippen molar-refractivity contribution in [3.63, 3.8) is 0 Å². The number of aromatic nitrogens is 1. The second-order valence-electron chi connectivity index (χ2n) is 8.47. The summed E-state index contributed by atoms with van der Waals surface area (Å²) >= 11 is 0. The fourth-order valence-corrected chi connectivity index (χ4v) is 3.75. The van der Waals surface area contributed by atoms with Crippen LogP contribution >= 0.6 is 0 Å². The molecule has 172 valence electrons. The Kier molecular flexibility index (Phi) is 11.5. The quantitative estimate of drug-likeness (QED) is 0.531. The molecule has 0 aliphatic carbocycles. The van der Waals surface area contributed by atoms with Crippen LogP contribution in [0.25, 0.3) is 0 Å². The normalized spacial score (nSPS) is 14.2. The molecule has 1 aromatic carbocycles. The summed E-state index contributed by atoms with van der Waals surface area (Å²) in [7, 11) is 0. The molecular formula is C28H39N3O. The summed E-state index contributed by atoms with van der Waals surface area (Å²) in [5, 5.41) is 0. The van der Waals surface area contributed by atoms with Gasteiger partial charge < -0.3 is 4.98 Å². The maximum Gasteiger partial charge on any atom is 0.247 e. The Balaban J connectivity index is 0.000000439. The van der Waals surface area contributed by atoms with Gasteiger partial charge in [-0.25, -0.2) is 0 Å². The van der Waals surface area contributed by atoms with Crippen molar-refractivity contribution in [1.82, 2.24) is 9.88 Å². The Morgan fingerprint density at radius 1 is 1.09 bits per heavy atom. The predicted octanol–water partition coefficient (Wildman–Crippen LogP) is 5.96. The highest BCUT2D eigenvalue weighted by Crippen LogP contribution is 2.18. The van der Waals surface area contributed by atoms with Gasteiger partial charge in [-0.3, -0.25) is 14.7 Å². The minimum Gasteiger partial charge on any atom is -0.329 e. The first-order chi connectivity index (χ1) is 15.5. The number of allylic oxidation sites excluding steroid dienone is 3. The van der Waals surface area contributed by atoms with Crippen LogP contribution in [-0.2, 0) is 6.42 Å². The van der Waals surface area contributed by atoms with E-state index in [1.807, 2.05) is 6.21 Å². The first kappa shape index (κ1) is 25.5. The van der Waals surface area contributed by atoms with E-state index >= 15 is 0 Å². The average molecular weight is 434 g/mol. The highest BCUT2D eigenvalue weighted by atomic mass is 16.1. The zero-order valence-corrected chi connectivity index (χ0v) is 20.2. The lowest BCUT2D eigenvalue weighted by molar-refractivity contribution is 0.281. The lowest BCUT2D eigenvalue weighted by Gasteiger charge is -2.24. The molecular weight excluding hydrogens is 394 g/mol. The van der Waals surface area contributed by atoms with Crippen LogP contribution in [0.4, 0.5) is 0 Å². The van der Waals surface area contributed by atoms with Gasteiger partial charge in [0.1, 0.15) is 0 Å². The zero-order chi connectivity index (χ0) is 23.2. The number of aliphatic imine (C=N–C) groups is 1. The number of aryl methyl sites for hydroxylation is 1. The maximum absolute atomic E-state index is 10.2. The first-order valence-corrected chi connectivity index (χ1v) is 11.8. The van der Waals surface area contributed by atoms with Crippen LogP contribution < -0.4 is 5.56 Å². The number of benzene rings is 1. The van der Waals surface area contributed by atoms with Crippen LogP contribution in [0.3, 0.4) is 0 Å². The van der Waals surface area contributed by atoms with Gasteiger partial charge in [-0.05, 0) is 69.3 Å². The van der Waals surface area contributed by atoms with Gasteiger partial charge in [0, 0.05) is 30.7 Å². The number of hydrogen-bond acceptors (Lipinski definition) is 3. The fourth-order valence-electron chi connectivity index (χ4n) is 3.75. The zero-order valence-electron chi connectivity index (χ0n) is 20.2. The summed E-state index contributed by atoms with van der Waals surface area (Å²) in [5.41, 5.74) is 5.27. The Morgan fingerprint density at radius 3 is 2.56 bits per heavy atom. The molecule has 2 heterocycles. The minimum absolute atomic E-state index is 0.0532. The molecule has 1 atom stereocenters. The molecule has 1 aliphatic rings. The van der Waals surface area contributed by atoms with E-state index < -0.39 is 0 Å². The van der Waals surface area contributed by atoms with E-state index in [2.05, 4.69) is 79.0 Å². The lowest BCUT2D eigenvalue weighted by atomic mass is 9.93. The smallest absolute Gasteiger partial charge is 0.247 e. The Morgan fingerprint density at radius 2 is 1.94 bits per heavy atom. The van der Waals surface area contributed by atoms with Crippen molar-refractivity contribution in [2.24, 2.45) is 10.9 Å². The lowest BCUT2D eigenvalue weighted by Crippen LogP contribution is -2.29. The van der Waals surface area contributed by atoms with Crippen LogP contribution in [0.2, 0.25) is 0 Å². The summed E-state index contributed by atoms with van der Waals surface area (Å²) in [6.07, 6.45) is 12.9. The minimum atomic E-state index is -0.0532. The molecule has 1 aromatic heterocycles. The number of likely N-dealkylation sites (N-methyl/N-ethyl adjacent to an activating group) is 1. The van der Waals surface area contributed by atoms with Gasteiger partial charge in [0.05, 0.1) is 0 Å². The third-order valence-corrected chi connectivity index (χ3v) is 5.80. The maximum atomic E-state index is 10.2. The van der Waals surface area contributed by atoms with Gasteiger partial charge in [0.15, 0.2) is 0 Å². The molecule has 0 radical (unpaired) electrons. The second kappa shape index (κ2) is 14.4. The third kappa shape index (κ3) is 10.1. The molecule has 0 fully saturated rings. The van der Waals surface area contributed by atoms with E-state index in [9.17, 15) is 4.79 Å². The van der Waals surface area contributed by atoms with E-state index in [1.165, 1.54) is 48.6 Å². The van der Waals surface area contributed by atoms with Gasteiger partial charge in [0.25, 0.3) is 0 Å². The summed E-state index contributed by atoms with van der Waals surface area (Å²) in [6.45, 7) is 12.1. The second-order valence-corrected chi connectivity index (χ2v) is 8.47. The standard InChI is InChI=1S/C23H34N2.C5H5NO/c1-5-21(16-22-11-7-9-19(3)15-22)13-14-25(6-2)18-23-12-8-10-20(4)24-17-23;7-5-3-1-2-4-6-5/h7,9-12,15,17,21H,5-6,8,13-14,16,18H2,1-4H3;1-4H,(H,6,7). The molecule has 4 nitrogen and oxygen atoms in total. The molecule has 32 heavy (non-hydrogen) atoms. The summed E-state index contributed by atoms with van der Waals surface area (Å²) in [5.74, 6) is 0.761. The number of H-pyrrole nitrogens is 1. The van der Waals surface area contributed by atoms with Crippen LogP contribution in [0, 0.1) is 12.8 Å². The average Bonchev–Trinajstić information content (AvgIpc) is 3.00. The van der Waals surface area contributed by atoms with Crippen molar-refractivity contribution in [3.8, 4) is 0 Å². The fraction of sp³-hybridized carbons (Fsp3) is 0.429. The van der Waals surface area contributed by atoms with Crippen LogP contribution in [0.5, 0.6) is 0 Å². The number of rotatable bonds is 9. The topological polar surface area (TPSA) is 48.5 Å². The number of aromatic amines is 1. The molecule has 0 saturated carbocycles. The van der Waals surface area contributed by atoms with E-state index in [4.69, 9.17) is 0 Å². The van der Waals surface area contributed by atoms with Crippen molar-refractivity contribution in [2.45, 2.75) is 53.4 Å². The van der Waals surface area contributed by atoms with Gasteiger partial charge in [-0.1, -0.05) is 68.3 Å². The summed E-state index contributed by atoms with van der Waals surface area (Å²) in [4.78, 5) is 19.8. The third-order valence-electron chi connectivity index (χ3n) is 5.80. The largest absolute Gasteiger partial charge is 0.329 e.